The predicted molar refractivity (Wildman–Crippen MR) is 132 cm³/mol. The van der Waals surface area contributed by atoms with Gasteiger partial charge < -0.3 is 15.4 Å². The third-order valence-electron chi connectivity index (χ3n) is 6.29. The fraction of sp³-hybridized carbons (Fsp3) is 0.154. The first kappa shape index (κ1) is 23.5. The maximum Gasteiger partial charge on any atom is 0.357 e. The van der Waals surface area contributed by atoms with Crippen LogP contribution < -0.4 is 10.6 Å². The minimum Gasteiger partial charge on any atom is -0.365 e. The van der Waals surface area contributed by atoms with Gasteiger partial charge in [-0.25, -0.2) is 9.18 Å². The zero-order chi connectivity index (χ0) is 24.6. The number of quaternary nitrogens is 1. The van der Waals surface area contributed by atoms with Crippen LogP contribution in [0.25, 0.3) is 0 Å². The lowest BCUT2D eigenvalue weighted by Gasteiger charge is -2.41. The first-order valence-electron chi connectivity index (χ1n) is 11.0. The van der Waals surface area contributed by atoms with E-state index in [-0.39, 0.29) is 26.0 Å². The van der Waals surface area contributed by atoms with Crippen LogP contribution in [0, 0.1) is 5.82 Å². The van der Waals surface area contributed by atoms with Crippen LogP contribution in [-0.2, 0) is 4.74 Å². The predicted octanol–water partition coefficient (Wildman–Crippen LogP) is 5.54. The minimum absolute atomic E-state index is 0.0255. The number of halogens is 3. The first-order chi connectivity index (χ1) is 16.9. The number of rotatable bonds is 3. The maximum atomic E-state index is 14.2. The number of morpholine rings is 1. The molecule has 2 N–H and O–H groups in total. The molecule has 1 aliphatic carbocycles. The molecule has 1 atom stereocenters. The summed E-state index contributed by atoms with van der Waals surface area (Å²) in [5.41, 5.74) is 3.11. The normalized spacial score (nSPS) is 20.8. The van der Waals surface area contributed by atoms with Crippen molar-refractivity contribution in [2.24, 2.45) is 0 Å². The summed E-state index contributed by atoms with van der Waals surface area (Å²) in [6.07, 6.45) is 10.4. The lowest BCUT2D eigenvalue weighted by Crippen LogP contribution is -2.56. The highest BCUT2D eigenvalue weighted by molar-refractivity contribution is 6.34. The van der Waals surface area contributed by atoms with Crippen LogP contribution >= 0.6 is 23.2 Å². The first-order valence-corrected chi connectivity index (χ1v) is 11.8. The molecule has 9 heteroatoms. The quantitative estimate of drug-likeness (QED) is 0.529. The fourth-order valence-electron chi connectivity index (χ4n) is 4.56. The number of ether oxygens (including phenoxy) is 1. The highest BCUT2D eigenvalue weighted by Gasteiger charge is 2.50. The van der Waals surface area contributed by atoms with Gasteiger partial charge in [-0.1, -0.05) is 41.4 Å². The van der Waals surface area contributed by atoms with Crippen molar-refractivity contribution >= 4 is 40.7 Å². The minimum atomic E-state index is -0.805. The van der Waals surface area contributed by atoms with Crippen LogP contribution in [0.1, 0.15) is 27.1 Å². The molecule has 2 amide bonds. The van der Waals surface area contributed by atoms with Gasteiger partial charge in [-0.2, -0.15) is 4.48 Å². The molecule has 0 saturated carbocycles. The molecule has 35 heavy (non-hydrogen) atoms. The lowest BCUT2D eigenvalue weighted by atomic mass is 9.98. The Hall–Kier alpha value is -3.23. The number of hydrogen-bond donors (Lipinski definition) is 2. The standard InChI is InChI=1S/C26H20Cl2FN3O3/c27-21-6-3-5-20(24(21)29)25(33)31-17-8-9-19(22(28)12-17)26(34)32-10-11-35-15-18(32)14-30-13-16-4-1-2-7-23(16)32/h1-3,5-9,12-14,30H,4,10-11,15H2/p+1. The van der Waals surface area contributed by atoms with Gasteiger partial charge in [0.1, 0.15) is 13.2 Å². The average Bonchev–Trinajstić information content (AvgIpc) is 3.03. The Morgan fingerprint density at radius 3 is 2.77 bits per heavy atom. The molecule has 2 aromatic carbocycles. The van der Waals surface area contributed by atoms with Crippen LogP contribution in [0.2, 0.25) is 10.0 Å². The molecule has 3 aliphatic rings. The van der Waals surface area contributed by atoms with Gasteiger partial charge in [-0.3, -0.25) is 4.79 Å². The summed E-state index contributed by atoms with van der Waals surface area (Å²) >= 11 is 12.4. The number of nitrogens with zero attached hydrogens (tertiary/aromatic N) is 1. The summed E-state index contributed by atoms with van der Waals surface area (Å²) in [6.45, 7) is 1.14. The van der Waals surface area contributed by atoms with Crippen molar-refractivity contribution < 1.29 is 23.2 Å². The molecule has 1 fully saturated rings. The summed E-state index contributed by atoms with van der Waals surface area (Å²) in [5, 5.41) is 5.82. The Kier molecular flexibility index (Phi) is 6.34. The fourth-order valence-corrected chi connectivity index (χ4v) is 5.00. The number of fused-ring (bicyclic) bond motifs is 3. The Balaban J connectivity index is 1.49. The van der Waals surface area contributed by atoms with Crippen molar-refractivity contribution in [2.45, 2.75) is 6.42 Å². The van der Waals surface area contributed by atoms with Gasteiger partial charge >= 0.3 is 5.91 Å². The van der Waals surface area contributed by atoms with Gasteiger partial charge in [-0.15, -0.1) is 0 Å². The van der Waals surface area contributed by atoms with Gasteiger partial charge in [0.15, 0.2) is 17.2 Å². The largest absolute Gasteiger partial charge is 0.365 e. The molecule has 0 radical (unpaired) electrons. The summed E-state index contributed by atoms with van der Waals surface area (Å²) < 4.78 is 19.9. The number of benzene rings is 2. The number of nitrogens with one attached hydrogen (secondary N) is 2. The smallest absolute Gasteiger partial charge is 0.357 e. The number of hydrogen-bond acceptors (Lipinski definition) is 4. The Morgan fingerprint density at radius 2 is 1.94 bits per heavy atom. The molecular weight excluding hydrogens is 492 g/mol. The monoisotopic (exact) mass is 512 g/mol. The number of carbonyl (C=O) groups excluding carboxylic acids is 2. The van der Waals surface area contributed by atoms with Crippen molar-refractivity contribution in [2.75, 3.05) is 25.1 Å². The summed E-state index contributed by atoms with van der Waals surface area (Å²) in [6, 6.07) is 8.83. The summed E-state index contributed by atoms with van der Waals surface area (Å²) in [5.74, 6) is -1.67. The molecule has 0 bridgehead atoms. The van der Waals surface area contributed by atoms with E-state index in [1.165, 1.54) is 24.3 Å². The van der Waals surface area contributed by atoms with Gasteiger partial charge in [0, 0.05) is 23.5 Å². The molecular formula is C26H21Cl2FN3O3+. The highest BCUT2D eigenvalue weighted by atomic mass is 35.5. The third kappa shape index (κ3) is 4.10. The van der Waals surface area contributed by atoms with E-state index in [1.54, 1.807) is 12.1 Å². The molecule has 1 unspecified atom stereocenters. The Morgan fingerprint density at radius 1 is 1.09 bits per heavy atom. The average molecular weight is 513 g/mol. The van der Waals surface area contributed by atoms with Crippen molar-refractivity contribution in [3.05, 3.63) is 111 Å². The van der Waals surface area contributed by atoms with Gasteiger partial charge in [0.2, 0.25) is 0 Å². The second-order valence-corrected chi connectivity index (χ2v) is 9.11. The van der Waals surface area contributed by atoms with Crippen LogP contribution in [0.3, 0.4) is 0 Å². The molecule has 0 spiro atoms. The number of carbonyl (C=O) groups is 2. The summed E-state index contributed by atoms with van der Waals surface area (Å²) in [7, 11) is 0. The van der Waals surface area contributed by atoms with E-state index >= 15 is 0 Å². The Labute approximate surface area is 211 Å². The van der Waals surface area contributed by atoms with E-state index in [1.807, 2.05) is 30.6 Å². The van der Waals surface area contributed by atoms with Crippen molar-refractivity contribution in [3.8, 4) is 0 Å². The van der Waals surface area contributed by atoms with Crippen molar-refractivity contribution in [1.82, 2.24) is 5.32 Å². The molecule has 2 aliphatic heterocycles. The van der Waals surface area contributed by atoms with E-state index in [9.17, 15) is 14.0 Å². The number of anilines is 1. The zero-order valence-corrected chi connectivity index (χ0v) is 20.0. The topological polar surface area (TPSA) is 67.4 Å². The molecule has 0 aromatic heterocycles. The molecule has 1 saturated heterocycles. The zero-order valence-electron chi connectivity index (χ0n) is 18.5. The molecule has 2 heterocycles. The van der Waals surface area contributed by atoms with Gasteiger partial charge in [0.05, 0.1) is 34.0 Å². The van der Waals surface area contributed by atoms with E-state index in [2.05, 4.69) is 10.6 Å². The number of allylic oxidation sites excluding steroid dienone is 4. The second-order valence-electron chi connectivity index (χ2n) is 8.30. The molecule has 178 valence electrons. The van der Waals surface area contributed by atoms with Crippen LogP contribution in [0.15, 0.2) is 84.0 Å². The van der Waals surface area contributed by atoms with E-state index < -0.39 is 11.7 Å². The van der Waals surface area contributed by atoms with Crippen molar-refractivity contribution in [3.63, 3.8) is 0 Å². The molecule has 5 rings (SSSR count). The highest BCUT2D eigenvalue weighted by Crippen LogP contribution is 2.40. The second kappa shape index (κ2) is 9.43. The van der Waals surface area contributed by atoms with Crippen molar-refractivity contribution in [1.29, 1.82) is 0 Å². The SMILES string of the molecule is O=C(Nc1ccc(C(=O)[N+]23CCOCC2=CNC=C2CC=CC=C23)c(Cl)c1)c1cccc(Cl)c1F. The van der Waals surface area contributed by atoms with E-state index in [0.29, 0.717) is 37.4 Å². The van der Waals surface area contributed by atoms with E-state index in [0.717, 1.165) is 17.0 Å². The van der Waals surface area contributed by atoms with Gasteiger partial charge in [0.25, 0.3) is 5.91 Å². The van der Waals surface area contributed by atoms with Crippen LogP contribution in [-0.4, -0.2) is 36.1 Å². The molecule has 6 nitrogen and oxygen atoms in total. The lowest BCUT2D eigenvalue weighted by molar-refractivity contribution is -0.779. The van der Waals surface area contributed by atoms with Gasteiger partial charge in [-0.05, 0) is 36.8 Å². The Bertz CT molecular complexity index is 1370. The maximum absolute atomic E-state index is 14.2. The van der Waals surface area contributed by atoms with E-state index in [4.69, 9.17) is 27.9 Å². The number of amides is 2. The summed E-state index contributed by atoms with van der Waals surface area (Å²) in [4.78, 5) is 26.7. The molecule has 2 aromatic rings. The van der Waals surface area contributed by atoms with Crippen LogP contribution in [0.4, 0.5) is 10.1 Å². The van der Waals surface area contributed by atoms with Crippen LogP contribution in [0.5, 0.6) is 0 Å². The third-order valence-corrected chi connectivity index (χ3v) is 6.89.